The zero-order valence-electron chi connectivity index (χ0n) is 20.4. The molecule has 1 aliphatic rings. The molecule has 6 nitrogen and oxygen atoms in total. The summed E-state index contributed by atoms with van der Waals surface area (Å²) in [5, 5.41) is 9.60. The summed E-state index contributed by atoms with van der Waals surface area (Å²) >= 11 is 1.41. The predicted octanol–water partition coefficient (Wildman–Crippen LogP) is 5.87. The number of anilines is 1. The molecule has 0 N–H and O–H groups in total. The molecule has 0 aliphatic carbocycles. The van der Waals surface area contributed by atoms with E-state index in [4.69, 9.17) is 4.42 Å². The number of aromatic nitrogens is 3. The van der Waals surface area contributed by atoms with Crippen LogP contribution in [0.25, 0.3) is 11.4 Å². The number of aryl methyl sites for hydroxylation is 1. The Morgan fingerprint density at radius 1 is 1.06 bits per heavy atom. The van der Waals surface area contributed by atoms with Gasteiger partial charge in [0.1, 0.15) is 5.76 Å². The SMILES string of the molecule is Cc1occc1-c1nnc(SCC(=O)/C=C2\N(C)c3ccccc3C2(C)C)n1Cc1ccccc1. The van der Waals surface area contributed by atoms with E-state index in [1.54, 1.807) is 12.3 Å². The molecule has 2 aromatic carbocycles. The quantitative estimate of drug-likeness (QED) is 0.242. The van der Waals surface area contributed by atoms with E-state index in [-0.39, 0.29) is 17.0 Å². The number of hydrogen-bond acceptors (Lipinski definition) is 6. The molecule has 0 fully saturated rings. The van der Waals surface area contributed by atoms with Crippen molar-refractivity contribution in [2.75, 3.05) is 17.7 Å². The highest BCUT2D eigenvalue weighted by Crippen LogP contribution is 2.46. The van der Waals surface area contributed by atoms with Crippen LogP contribution in [0.5, 0.6) is 0 Å². The van der Waals surface area contributed by atoms with Crippen molar-refractivity contribution in [3.05, 3.63) is 95.6 Å². The Hall–Kier alpha value is -3.58. The predicted molar refractivity (Wildman–Crippen MR) is 140 cm³/mol. The fourth-order valence-corrected chi connectivity index (χ4v) is 5.47. The van der Waals surface area contributed by atoms with Crippen LogP contribution < -0.4 is 4.90 Å². The largest absolute Gasteiger partial charge is 0.469 e. The number of nitrogens with zero attached hydrogens (tertiary/aromatic N) is 4. The molecule has 2 aromatic heterocycles. The Morgan fingerprint density at radius 3 is 2.51 bits per heavy atom. The molecule has 0 saturated heterocycles. The molecule has 5 rings (SSSR count). The van der Waals surface area contributed by atoms with Crippen LogP contribution in [-0.2, 0) is 16.8 Å². The van der Waals surface area contributed by atoms with Crippen molar-refractivity contribution in [1.82, 2.24) is 14.8 Å². The van der Waals surface area contributed by atoms with E-state index in [1.165, 1.54) is 17.3 Å². The number of allylic oxidation sites excluding steroid dienone is 2. The normalized spacial score (nSPS) is 15.5. The highest BCUT2D eigenvalue weighted by molar-refractivity contribution is 7.99. The van der Waals surface area contributed by atoms with Crippen molar-refractivity contribution in [3.63, 3.8) is 0 Å². The van der Waals surface area contributed by atoms with Crippen LogP contribution in [-0.4, -0.2) is 33.3 Å². The maximum Gasteiger partial charge on any atom is 0.192 e. The van der Waals surface area contributed by atoms with Gasteiger partial charge in [0.05, 0.1) is 24.1 Å². The maximum atomic E-state index is 13.1. The van der Waals surface area contributed by atoms with E-state index in [9.17, 15) is 4.79 Å². The Bertz CT molecular complexity index is 1400. The van der Waals surface area contributed by atoms with E-state index in [0.717, 1.165) is 34.1 Å². The summed E-state index contributed by atoms with van der Waals surface area (Å²) in [5.41, 5.74) is 5.19. The van der Waals surface area contributed by atoms with Crippen molar-refractivity contribution < 1.29 is 9.21 Å². The topological polar surface area (TPSA) is 64.2 Å². The van der Waals surface area contributed by atoms with Gasteiger partial charge >= 0.3 is 0 Å². The average molecular weight is 485 g/mol. The Labute approximate surface area is 209 Å². The van der Waals surface area contributed by atoms with Crippen LogP contribution in [0.3, 0.4) is 0 Å². The second-order valence-corrected chi connectivity index (χ2v) is 10.2. The summed E-state index contributed by atoms with van der Waals surface area (Å²) in [6.45, 7) is 6.85. The minimum absolute atomic E-state index is 0.0491. The summed E-state index contributed by atoms with van der Waals surface area (Å²) in [6, 6.07) is 20.4. The number of likely N-dealkylation sites (N-methyl/N-ethyl adjacent to an activating group) is 1. The fraction of sp³-hybridized carbons (Fsp3) is 0.250. The molecule has 0 amide bonds. The summed E-state index contributed by atoms with van der Waals surface area (Å²) in [6.07, 6.45) is 3.44. The first-order valence-corrected chi connectivity index (χ1v) is 12.6. The number of rotatable bonds is 7. The zero-order valence-corrected chi connectivity index (χ0v) is 21.2. The highest BCUT2D eigenvalue weighted by atomic mass is 32.2. The van der Waals surface area contributed by atoms with Gasteiger partial charge in [0.15, 0.2) is 16.8 Å². The van der Waals surface area contributed by atoms with Crippen molar-refractivity contribution in [1.29, 1.82) is 0 Å². The number of carbonyl (C=O) groups excluding carboxylic acids is 1. The minimum atomic E-state index is -0.231. The number of para-hydroxylation sites is 1. The first-order valence-electron chi connectivity index (χ1n) is 11.6. The second kappa shape index (κ2) is 9.23. The molecule has 0 bridgehead atoms. The van der Waals surface area contributed by atoms with E-state index in [2.05, 4.69) is 57.8 Å². The number of hydrogen-bond donors (Lipinski definition) is 0. The molecule has 35 heavy (non-hydrogen) atoms. The molecule has 0 unspecified atom stereocenters. The highest BCUT2D eigenvalue weighted by Gasteiger charge is 2.38. The smallest absolute Gasteiger partial charge is 0.192 e. The number of fused-ring (bicyclic) bond motifs is 1. The molecular weight excluding hydrogens is 456 g/mol. The van der Waals surface area contributed by atoms with Gasteiger partial charge in [-0.05, 0) is 30.2 Å². The lowest BCUT2D eigenvalue weighted by atomic mass is 9.83. The number of thioether (sulfide) groups is 1. The molecular formula is C28H28N4O2S. The van der Waals surface area contributed by atoms with Gasteiger partial charge in [-0.25, -0.2) is 0 Å². The molecule has 0 saturated carbocycles. The molecule has 178 valence electrons. The van der Waals surface area contributed by atoms with Crippen molar-refractivity contribution in [2.45, 2.75) is 37.9 Å². The number of carbonyl (C=O) groups is 1. The minimum Gasteiger partial charge on any atom is -0.469 e. The Morgan fingerprint density at radius 2 is 1.80 bits per heavy atom. The Balaban J connectivity index is 1.40. The van der Waals surface area contributed by atoms with Crippen molar-refractivity contribution in [2.24, 2.45) is 0 Å². The maximum absolute atomic E-state index is 13.1. The average Bonchev–Trinajstić information content (AvgIpc) is 3.50. The Kier molecular flexibility index (Phi) is 6.11. The van der Waals surface area contributed by atoms with E-state index in [1.807, 2.05) is 50.4 Å². The van der Waals surface area contributed by atoms with Crippen LogP contribution in [0.4, 0.5) is 5.69 Å². The number of furan rings is 1. The number of ketones is 1. The molecule has 4 aromatic rings. The van der Waals surface area contributed by atoms with Gasteiger partial charge in [-0.15, -0.1) is 10.2 Å². The van der Waals surface area contributed by atoms with Gasteiger partial charge in [0.25, 0.3) is 0 Å². The molecule has 0 atom stereocenters. The van der Waals surface area contributed by atoms with Gasteiger partial charge in [-0.3, -0.25) is 9.36 Å². The van der Waals surface area contributed by atoms with E-state index < -0.39 is 0 Å². The van der Waals surface area contributed by atoms with Gasteiger partial charge in [0.2, 0.25) is 0 Å². The lowest BCUT2D eigenvalue weighted by molar-refractivity contribution is -0.112. The molecule has 1 aliphatic heterocycles. The van der Waals surface area contributed by atoms with Crippen LogP contribution >= 0.6 is 11.8 Å². The van der Waals surface area contributed by atoms with Gasteiger partial charge in [0, 0.05) is 29.9 Å². The van der Waals surface area contributed by atoms with Crippen LogP contribution in [0.2, 0.25) is 0 Å². The molecule has 7 heteroatoms. The van der Waals surface area contributed by atoms with Crippen molar-refractivity contribution in [3.8, 4) is 11.4 Å². The summed E-state index contributed by atoms with van der Waals surface area (Å²) in [5.74, 6) is 1.85. The van der Waals surface area contributed by atoms with Crippen LogP contribution in [0.1, 0.15) is 30.7 Å². The number of benzene rings is 2. The third-order valence-electron chi connectivity index (χ3n) is 6.58. The monoisotopic (exact) mass is 484 g/mol. The van der Waals surface area contributed by atoms with E-state index in [0.29, 0.717) is 11.7 Å². The van der Waals surface area contributed by atoms with E-state index >= 15 is 0 Å². The third-order valence-corrected chi connectivity index (χ3v) is 7.57. The molecule has 3 heterocycles. The van der Waals surface area contributed by atoms with Gasteiger partial charge < -0.3 is 9.32 Å². The molecule has 0 radical (unpaired) electrons. The second-order valence-electron chi connectivity index (χ2n) is 9.25. The lowest BCUT2D eigenvalue weighted by Gasteiger charge is -2.23. The summed E-state index contributed by atoms with van der Waals surface area (Å²) < 4.78 is 7.56. The van der Waals surface area contributed by atoms with Crippen LogP contribution in [0.15, 0.2) is 88.3 Å². The third kappa shape index (κ3) is 4.32. The summed E-state index contributed by atoms with van der Waals surface area (Å²) in [7, 11) is 2.02. The lowest BCUT2D eigenvalue weighted by Crippen LogP contribution is -2.24. The van der Waals surface area contributed by atoms with Crippen LogP contribution in [0, 0.1) is 6.92 Å². The molecule has 0 spiro atoms. The van der Waals surface area contributed by atoms with Gasteiger partial charge in [-0.2, -0.15) is 0 Å². The zero-order chi connectivity index (χ0) is 24.6. The summed E-state index contributed by atoms with van der Waals surface area (Å²) in [4.78, 5) is 15.2. The first kappa shape index (κ1) is 23.2. The van der Waals surface area contributed by atoms with Gasteiger partial charge in [-0.1, -0.05) is 74.1 Å². The van der Waals surface area contributed by atoms with Crippen molar-refractivity contribution >= 4 is 23.2 Å². The first-order chi connectivity index (χ1) is 16.9. The standard InChI is InChI=1S/C28H28N4O2S/c1-19-22(14-15-34-19)26-29-30-27(32(26)17-20-10-6-5-7-11-20)35-18-21(33)16-25-28(2,3)23-12-8-9-13-24(23)31(25)4/h5-16H,17-18H2,1-4H3/b25-16-. The fourth-order valence-electron chi connectivity index (χ4n) is 4.71.